The van der Waals surface area contributed by atoms with Crippen molar-refractivity contribution in [2.45, 2.75) is 31.2 Å². The number of hydrogen-bond acceptors (Lipinski definition) is 5. The summed E-state index contributed by atoms with van der Waals surface area (Å²) < 4.78 is 33.4. The van der Waals surface area contributed by atoms with Crippen molar-refractivity contribution in [3.05, 3.63) is 36.0 Å². The molecule has 1 unspecified atom stereocenters. The second-order valence-corrected chi connectivity index (χ2v) is 7.61. The van der Waals surface area contributed by atoms with Gasteiger partial charge >= 0.3 is 0 Å². The van der Waals surface area contributed by atoms with Gasteiger partial charge in [0.05, 0.1) is 23.6 Å². The third-order valence-corrected chi connectivity index (χ3v) is 6.36. The zero-order valence-electron chi connectivity index (χ0n) is 12.5. The quantitative estimate of drug-likeness (QED) is 0.848. The molecule has 0 aliphatic carbocycles. The maximum absolute atomic E-state index is 13.2. The Bertz CT molecular complexity index is 843. The average molecular weight is 319 g/mol. The predicted octanol–water partition coefficient (Wildman–Crippen LogP) is 2.08. The van der Waals surface area contributed by atoms with Crippen molar-refractivity contribution in [1.29, 1.82) is 0 Å². The Balaban J connectivity index is 1.91. The molecule has 2 aromatic heterocycles. The SMILES string of the molecule is Cc1cc(S(=O)(=O)N2c3ccncc3N3CCC2C3)c(C)o1. The van der Waals surface area contributed by atoms with E-state index in [1.54, 1.807) is 42.7 Å². The fraction of sp³-hybridized carbons (Fsp3) is 0.400. The largest absolute Gasteiger partial charge is 0.465 e. The van der Waals surface area contributed by atoms with Crippen LogP contribution in [0.2, 0.25) is 0 Å². The molecule has 1 fully saturated rings. The first-order chi connectivity index (χ1) is 10.5. The first-order valence-electron chi connectivity index (χ1n) is 7.29. The van der Waals surface area contributed by atoms with E-state index >= 15 is 0 Å². The standard InChI is InChI=1S/C15H17N3O3S/c1-10-7-15(11(2)21-10)22(19,20)18-12-4-6-17(9-12)14-8-16-5-3-13(14)18/h3,5,7-8,12H,4,6,9H2,1-2H3. The van der Waals surface area contributed by atoms with Crippen LogP contribution in [-0.4, -0.2) is 32.5 Å². The number of nitrogens with zero attached hydrogens (tertiary/aromatic N) is 3. The fourth-order valence-electron chi connectivity index (χ4n) is 3.45. The van der Waals surface area contributed by atoms with Gasteiger partial charge < -0.3 is 9.32 Å². The third-order valence-electron chi connectivity index (χ3n) is 4.38. The van der Waals surface area contributed by atoms with Crippen LogP contribution in [0.15, 0.2) is 33.8 Å². The Morgan fingerprint density at radius 2 is 2.14 bits per heavy atom. The van der Waals surface area contributed by atoms with Crippen molar-refractivity contribution in [2.75, 3.05) is 22.3 Å². The van der Waals surface area contributed by atoms with Crippen LogP contribution in [0.1, 0.15) is 17.9 Å². The summed E-state index contributed by atoms with van der Waals surface area (Å²) in [4.78, 5) is 6.60. The molecule has 2 aliphatic heterocycles. The van der Waals surface area contributed by atoms with Gasteiger partial charge in [0.2, 0.25) is 0 Å². The monoisotopic (exact) mass is 319 g/mol. The fourth-order valence-corrected chi connectivity index (χ4v) is 5.36. The number of aryl methyl sites for hydroxylation is 2. The number of anilines is 2. The number of fused-ring (bicyclic) bond motifs is 4. The molecule has 22 heavy (non-hydrogen) atoms. The van der Waals surface area contributed by atoms with Gasteiger partial charge in [0.1, 0.15) is 16.4 Å². The highest BCUT2D eigenvalue weighted by Crippen LogP contribution is 2.42. The third kappa shape index (κ3) is 1.78. The Morgan fingerprint density at radius 3 is 2.86 bits per heavy atom. The van der Waals surface area contributed by atoms with Crippen molar-refractivity contribution in [3.63, 3.8) is 0 Å². The normalized spacial score (nSPS) is 20.4. The molecule has 2 bridgehead atoms. The Morgan fingerprint density at radius 1 is 1.32 bits per heavy atom. The van der Waals surface area contributed by atoms with Gasteiger partial charge in [0.15, 0.2) is 0 Å². The zero-order chi connectivity index (χ0) is 15.5. The molecule has 6 nitrogen and oxygen atoms in total. The van der Waals surface area contributed by atoms with Crippen LogP contribution in [0.3, 0.4) is 0 Å². The molecule has 1 atom stereocenters. The lowest BCUT2D eigenvalue weighted by atomic mass is 10.2. The molecule has 0 saturated carbocycles. The minimum absolute atomic E-state index is 0.0329. The van der Waals surface area contributed by atoms with E-state index in [0.717, 1.165) is 18.7 Å². The molecule has 2 aromatic rings. The van der Waals surface area contributed by atoms with Crippen LogP contribution in [0.4, 0.5) is 11.4 Å². The van der Waals surface area contributed by atoms with E-state index in [1.807, 2.05) is 0 Å². The van der Waals surface area contributed by atoms with Gasteiger partial charge in [0.25, 0.3) is 10.0 Å². The molecule has 4 rings (SSSR count). The summed E-state index contributed by atoms with van der Waals surface area (Å²) in [6.45, 7) is 5.03. The average Bonchev–Trinajstić information content (AvgIpc) is 3.04. The summed E-state index contributed by atoms with van der Waals surface area (Å²) in [5.74, 6) is 1.05. The smallest absolute Gasteiger partial charge is 0.268 e. The van der Waals surface area contributed by atoms with E-state index in [0.29, 0.717) is 23.8 Å². The molecule has 0 amide bonds. The van der Waals surface area contributed by atoms with Gasteiger partial charge in [-0.3, -0.25) is 9.29 Å². The van der Waals surface area contributed by atoms with Gasteiger partial charge in [-0.15, -0.1) is 0 Å². The van der Waals surface area contributed by atoms with Crippen LogP contribution in [-0.2, 0) is 10.0 Å². The minimum Gasteiger partial charge on any atom is -0.465 e. The predicted molar refractivity (Wildman–Crippen MR) is 82.7 cm³/mol. The van der Waals surface area contributed by atoms with E-state index in [4.69, 9.17) is 4.42 Å². The summed E-state index contributed by atoms with van der Waals surface area (Å²) in [6.07, 6.45) is 4.21. The lowest BCUT2D eigenvalue weighted by molar-refractivity contribution is 0.495. The topological polar surface area (TPSA) is 66.7 Å². The maximum atomic E-state index is 13.2. The molecule has 0 spiro atoms. The van der Waals surface area contributed by atoms with Crippen molar-refractivity contribution in [1.82, 2.24) is 4.98 Å². The highest BCUT2D eigenvalue weighted by atomic mass is 32.2. The molecule has 7 heteroatoms. The Kier molecular flexibility index (Phi) is 2.78. The first-order valence-corrected chi connectivity index (χ1v) is 8.73. The molecular formula is C15H17N3O3S. The van der Waals surface area contributed by atoms with Crippen LogP contribution < -0.4 is 9.21 Å². The number of sulfonamides is 1. The second-order valence-electron chi connectivity index (χ2n) is 5.83. The molecule has 0 radical (unpaired) electrons. The molecule has 4 heterocycles. The summed E-state index contributed by atoms with van der Waals surface area (Å²) in [5, 5.41) is 0. The summed E-state index contributed by atoms with van der Waals surface area (Å²) >= 11 is 0. The first kappa shape index (κ1) is 13.6. The highest BCUT2D eigenvalue weighted by Gasteiger charge is 2.43. The minimum atomic E-state index is -3.63. The number of aromatic nitrogens is 1. The van der Waals surface area contributed by atoms with E-state index in [-0.39, 0.29) is 10.9 Å². The van der Waals surface area contributed by atoms with Crippen molar-refractivity contribution >= 4 is 21.4 Å². The Hall–Kier alpha value is -2.02. The van der Waals surface area contributed by atoms with E-state index in [1.165, 1.54) is 0 Å². The van der Waals surface area contributed by atoms with Crippen molar-refractivity contribution in [2.24, 2.45) is 0 Å². The van der Waals surface area contributed by atoms with Crippen LogP contribution in [0, 0.1) is 13.8 Å². The molecule has 0 N–H and O–H groups in total. The number of pyridine rings is 1. The van der Waals surface area contributed by atoms with Gasteiger partial charge in [-0.05, 0) is 26.3 Å². The van der Waals surface area contributed by atoms with E-state index in [9.17, 15) is 8.42 Å². The molecular weight excluding hydrogens is 302 g/mol. The summed E-state index contributed by atoms with van der Waals surface area (Å²) in [7, 11) is -3.63. The van der Waals surface area contributed by atoms with E-state index < -0.39 is 10.0 Å². The maximum Gasteiger partial charge on any atom is 0.268 e. The van der Waals surface area contributed by atoms with Gasteiger partial charge in [-0.25, -0.2) is 8.42 Å². The van der Waals surface area contributed by atoms with Crippen molar-refractivity contribution in [3.8, 4) is 0 Å². The molecule has 2 aliphatic rings. The van der Waals surface area contributed by atoms with Gasteiger partial charge in [-0.1, -0.05) is 0 Å². The van der Waals surface area contributed by atoms with E-state index in [2.05, 4.69) is 9.88 Å². The molecule has 116 valence electrons. The number of rotatable bonds is 2. The Labute approximate surface area is 129 Å². The zero-order valence-corrected chi connectivity index (χ0v) is 13.3. The second kappa shape index (κ2) is 4.49. The lowest BCUT2D eigenvalue weighted by Crippen LogP contribution is -2.45. The molecule has 1 saturated heterocycles. The van der Waals surface area contributed by atoms with Gasteiger partial charge in [0, 0.05) is 25.4 Å². The molecule has 0 aromatic carbocycles. The summed E-state index contributed by atoms with van der Waals surface area (Å²) in [5.41, 5.74) is 1.60. The number of furan rings is 1. The van der Waals surface area contributed by atoms with Crippen LogP contribution in [0.25, 0.3) is 0 Å². The highest BCUT2D eigenvalue weighted by molar-refractivity contribution is 7.93. The van der Waals surface area contributed by atoms with Gasteiger partial charge in [-0.2, -0.15) is 0 Å². The van der Waals surface area contributed by atoms with Crippen LogP contribution in [0.5, 0.6) is 0 Å². The summed E-state index contributed by atoms with van der Waals surface area (Å²) in [6, 6.07) is 3.35. The van der Waals surface area contributed by atoms with Crippen LogP contribution >= 0.6 is 0 Å². The van der Waals surface area contributed by atoms with Crippen molar-refractivity contribution < 1.29 is 12.8 Å². The lowest BCUT2D eigenvalue weighted by Gasteiger charge is -2.36. The number of hydrogen-bond donors (Lipinski definition) is 0.